The molecule has 2 heteroatoms. The monoisotopic (exact) mass is 330 g/mol. The van der Waals surface area contributed by atoms with Crippen molar-refractivity contribution >= 4 is 19.0 Å². The van der Waals surface area contributed by atoms with Crippen molar-refractivity contribution in [3.63, 3.8) is 0 Å². The molecule has 122 valence electrons. The fraction of sp³-hybridized carbons (Fsp3) is 0.400. The summed E-state index contributed by atoms with van der Waals surface area (Å²) in [5.74, 6) is 0. The predicted molar refractivity (Wildman–Crippen MR) is 112 cm³/mol. The molecule has 0 amide bonds. The standard InChI is InChI=1S/C20H34Si2/c1-7-13-19(21,14-8-2)20(15-9-3,16-10-4)22(17-11-5)18-12-6/h7-12,22H,1-6,13-18H2,21H3. The maximum absolute atomic E-state index is 4.06. The lowest BCUT2D eigenvalue weighted by molar-refractivity contribution is 0.373. The van der Waals surface area contributed by atoms with E-state index in [0.717, 1.165) is 48.0 Å². The third kappa shape index (κ3) is 4.69. The Kier molecular flexibility index (Phi) is 10.0. The Bertz CT molecular complexity index is 376. The Hall–Kier alpha value is -1.13. The van der Waals surface area contributed by atoms with E-state index in [0.29, 0.717) is 0 Å². The Morgan fingerprint density at radius 2 is 1.00 bits per heavy atom. The summed E-state index contributed by atoms with van der Waals surface area (Å²) in [5, 5.41) is 0.523. The molecule has 0 unspecified atom stereocenters. The molecular weight excluding hydrogens is 296 g/mol. The predicted octanol–water partition coefficient (Wildman–Crippen LogP) is 5.15. The van der Waals surface area contributed by atoms with Crippen LogP contribution < -0.4 is 0 Å². The molecule has 0 aliphatic carbocycles. The van der Waals surface area contributed by atoms with E-state index in [1.807, 2.05) is 0 Å². The first kappa shape index (κ1) is 20.9. The Balaban J connectivity index is 6.18. The molecule has 0 bridgehead atoms. The van der Waals surface area contributed by atoms with E-state index in [-0.39, 0.29) is 10.1 Å². The zero-order valence-corrected chi connectivity index (χ0v) is 17.7. The summed E-state index contributed by atoms with van der Waals surface area (Å²) in [4.78, 5) is 0. The molecule has 0 atom stereocenters. The summed E-state index contributed by atoms with van der Waals surface area (Å²) in [6.07, 6.45) is 16.8. The molecule has 22 heavy (non-hydrogen) atoms. The highest BCUT2D eigenvalue weighted by Crippen LogP contribution is 2.63. The van der Waals surface area contributed by atoms with Gasteiger partial charge in [-0.15, -0.1) is 39.5 Å². The van der Waals surface area contributed by atoms with E-state index in [1.54, 1.807) is 0 Å². The molecule has 0 saturated carbocycles. The van der Waals surface area contributed by atoms with Gasteiger partial charge in [0, 0.05) is 10.2 Å². The fourth-order valence-corrected chi connectivity index (χ4v) is 10.3. The van der Waals surface area contributed by atoms with Crippen LogP contribution in [0.1, 0.15) is 25.7 Å². The number of hydrogen-bond acceptors (Lipinski definition) is 0. The van der Waals surface area contributed by atoms with Crippen LogP contribution >= 0.6 is 0 Å². The molecule has 0 rings (SSSR count). The second-order valence-electron chi connectivity index (χ2n) is 6.43. The number of hydrogen-bond donors (Lipinski definition) is 0. The van der Waals surface area contributed by atoms with Crippen LogP contribution in [0.4, 0.5) is 0 Å². The van der Waals surface area contributed by atoms with Crippen molar-refractivity contribution in [1.82, 2.24) is 0 Å². The molecule has 0 fully saturated rings. The highest BCUT2D eigenvalue weighted by atomic mass is 28.3. The van der Waals surface area contributed by atoms with E-state index in [4.69, 9.17) is 0 Å². The molecule has 0 aromatic rings. The van der Waals surface area contributed by atoms with Gasteiger partial charge in [0.15, 0.2) is 0 Å². The summed E-state index contributed by atoms with van der Waals surface area (Å²) >= 11 is 0. The second-order valence-corrected chi connectivity index (χ2v) is 11.8. The minimum Gasteiger partial charge on any atom is -0.103 e. The first-order valence-corrected chi connectivity index (χ1v) is 11.4. The van der Waals surface area contributed by atoms with Crippen LogP contribution in [0.2, 0.25) is 22.2 Å². The summed E-state index contributed by atoms with van der Waals surface area (Å²) < 4.78 is 0. The van der Waals surface area contributed by atoms with E-state index in [2.05, 4.69) is 75.9 Å². The van der Waals surface area contributed by atoms with Crippen LogP contribution in [0.3, 0.4) is 0 Å². The van der Waals surface area contributed by atoms with Crippen molar-refractivity contribution in [2.45, 2.75) is 47.8 Å². The van der Waals surface area contributed by atoms with E-state index < -0.39 is 8.80 Å². The first-order chi connectivity index (χ1) is 10.5. The summed E-state index contributed by atoms with van der Waals surface area (Å²) in [7, 11) is -0.0340. The zero-order chi connectivity index (χ0) is 17.1. The van der Waals surface area contributed by atoms with Crippen LogP contribution in [-0.4, -0.2) is 19.0 Å². The largest absolute Gasteiger partial charge is 0.103 e. The average Bonchev–Trinajstić information content (AvgIpc) is 2.47. The van der Waals surface area contributed by atoms with Gasteiger partial charge >= 0.3 is 0 Å². The van der Waals surface area contributed by atoms with Gasteiger partial charge in [-0.2, -0.15) is 0 Å². The summed E-state index contributed by atoms with van der Waals surface area (Å²) in [6.45, 7) is 24.2. The normalized spacial score (nSPS) is 11.9. The molecular formula is C20H34Si2. The van der Waals surface area contributed by atoms with Gasteiger partial charge in [0.25, 0.3) is 0 Å². The lowest BCUT2D eigenvalue weighted by Crippen LogP contribution is -2.42. The minimum atomic E-state index is -1.15. The Labute approximate surface area is 143 Å². The quantitative estimate of drug-likeness (QED) is 0.305. The molecule has 0 heterocycles. The molecule has 0 aromatic heterocycles. The van der Waals surface area contributed by atoms with Gasteiger partial charge in [-0.25, -0.2) is 0 Å². The van der Waals surface area contributed by atoms with Gasteiger partial charge in [0.1, 0.15) is 0 Å². The topological polar surface area (TPSA) is 0 Å². The van der Waals surface area contributed by atoms with Crippen molar-refractivity contribution in [3.8, 4) is 0 Å². The van der Waals surface area contributed by atoms with Crippen LogP contribution in [-0.2, 0) is 0 Å². The van der Waals surface area contributed by atoms with E-state index >= 15 is 0 Å². The third-order valence-corrected chi connectivity index (χ3v) is 12.0. The molecule has 0 nitrogen and oxygen atoms in total. The summed E-state index contributed by atoms with van der Waals surface area (Å²) in [5.41, 5.74) is 0. The molecule has 0 spiro atoms. The maximum Gasteiger partial charge on any atom is 0.0517 e. The first-order valence-electron chi connectivity index (χ1n) is 8.17. The van der Waals surface area contributed by atoms with E-state index in [9.17, 15) is 0 Å². The fourth-order valence-electron chi connectivity index (χ4n) is 3.99. The second kappa shape index (κ2) is 10.6. The van der Waals surface area contributed by atoms with Crippen LogP contribution in [0.5, 0.6) is 0 Å². The molecule has 0 radical (unpaired) electrons. The lowest BCUT2D eigenvalue weighted by atomic mass is 9.79. The molecule has 0 aromatic carbocycles. The van der Waals surface area contributed by atoms with Crippen LogP contribution in [0.15, 0.2) is 75.9 Å². The van der Waals surface area contributed by atoms with Crippen LogP contribution in [0, 0.1) is 0 Å². The highest BCUT2D eigenvalue weighted by Gasteiger charge is 2.49. The van der Waals surface area contributed by atoms with Crippen LogP contribution in [0.25, 0.3) is 0 Å². The number of allylic oxidation sites excluding steroid dienone is 6. The zero-order valence-electron chi connectivity index (χ0n) is 14.5. The van der Waals surface area contributed by atoms with Gasteiger partial charge < -0.3 is 0 Å². The van der Waals surface area contributed by atoms with Gasteiger partial charge in [-0.05, 0) is 47.8 Å². The SMILES string of the molecule is C=CC[SiH](CC=C)C(CC=C)(CC=C)C([SiH3])(CC=C)CC=C. The van der Waals surface area contributed by atoms with Gasteiger partial charge in [-0.3, -0.25) is 0 Å². The molecule has 0 saturated heterocycles. The lowest BCUT2D eigenvalue weighted by Gasteiger charge is -2.52. The Morgan fingerprint density at radius 1 is 0.636 bits per heavy atom. The summed E-state index contributed by atoms with van der Waals surface area (Å²) in [6, 6.07) is 2.26. The molecule has 0 aliphatic rings. The smallest absolute Gasteiger partial charge is 0.0517 e. The third-order valence-electron chi connectivity index (χ3n) is 5.09. The van der Waals surface area contributed by atoms with Crippen molar-refractivity contribution in [2.24, 2.45) is 0 Å². The van der Waals surface area contributed by atoms with Crippen molar-refractivity contribution in [1.29, 1.82) is 0 Å². The average molecular weight is 331 g/mol. The maximum atomic E-state index is 4.06. The van der Waals surface area contributed by atoms with Gasteiger partial charge in [0.05, 0.1) is 8.80 Å². The van der Waals surface area contributed by atoms with Crippen molar-refractivity contribution < 1.29 is 0 Å². The number of rotatable bonds is 14. The highest BCUT2D eigenvalue weighted by molar-refractivity contribution is 6.65. The van der Waals surface area contributed by atoms with Gasteiger partial charge in [-0.1, -0.05) is 36.5 Å². The van der Waals surface area contributed by atoms with Crippen molar-refractivity contribution in [2.75, 3.05) is 0 Å². The minimum absolute atomic E-state index is 0.257. The van der Waals surface area contributed by atoms with E-state index in [1.165, 1.54) is 0 Å². The molecule has 0 N–H and O–H groups in total. The van der Waals surface area contributed by atoms with Crippen molar-refractivity contribution in [3.05, 3.63) is 75.9 Å². The van der Waals surface area contributed by atoms with Gasteiger partial charge in [0.2, 0.25) is 0 Å². The Morgan fingerprint density at radius 3 is 1.27 bits per heavy atom. The molecule has 0 aliphatic heterocycles.